The Bertz CT molecular complexity index is 1660. The molecule has 2 saturated carbocycles. The van der Waals surface area contributed by atoms with E-state index in [9.17, 15) is 9.59 Å². The van der Waals surface area contributed by atoms with E-state index in [-0.39, 0.29) is 18.7 Å². The number of carbonyl (C=O) groups is 2. The van der Waals surface area contributed by atoms with E-state index in [0.29, 0.717) is 18.0 Å². The van der Waals surface area contributed by atoms with E-state index < -0.39 is 35.1 Å². The van der Waals surface area contributed by atoms with Crippen molar-refractivity contribution < 1.29 is 27.8 Å². The fourth-order valence-electron chi connectivity index (χ4n) is 6.58. The predicted molar refractivity (Wildman–Crippen MR) is 160 cm³/mol. The second-order valence-electron chi connectivity index (χ2n) is 11.7. The summed E-state index contributed by atoms with van der Waals surface area (Å²) in [6.45, 7) is 2.12. The number of ether oxygens (including phenoxy) is 2. The summed E-state index contributed by atoms with van der Waals surface area (Å²) in [5.41, 5.74) is 0.293. The molecule has 0 heterocycles. The molecular weight excluding hydrogens is 550 g/mol. The number of amides is 2. The lowest BCUT2D eigenvalue weighted by Gasteiger charge is -2.37. The van der Waals surface area contributed by atoms with Gasteiger partial charge >= 0.3 is 0 Å². The van der Waals surface area contributed by atoms with Gasteiger partial charge in [-0.05, 0) is 78.1 Å². The minimum absolute atomic E-state index is 0.00449. The first-order valence-corrected chi connectivity index (χ1v) is 14.4. The third kappa shape index (κ3) is 5.19. The minimum atomic E-state index is -3.13. The second-order valence-corrected chi connectivity index (χ2v) is 11.7. The van der Waals surface area contributed by atoms with Gasteiger partial charge in [0, 0.05) is 19.5 Å². The normalized spacial score (nSPS) is 22.3. The number of nitrogens with zero attached hydrogens (tertiary/aromatic N) is 1. The van der Waals surface area contributed by atoms with E-state index in [1.165, 1.54) is 0 Å². The molecule has 2 aliphatic rings. The highest BCUT2D eigenvalue weighted by Crippen LogP contribution is 2.77. The molecule has 0 saturated heterocycles. The molecule has 2 unspecified atom stereocenters. The molecule has 4 aromatic rings. The lowest BCUT2D eigenvalue weighted by molar-refractivity contribution is -0.142. The van der Waals surface area contributed by atoms with E-state index in [0.717, 1.165) is 27.6 Å². The van der Waals surface area contributed by atoms with E-state index in [4.69, 9.17) is 9.47 Å². The standard InChI is InChI=1S/C35H34F2N2O4/c1-22(29-13-7-10-24-9-4-5-12-30(24)29)38-32(40)31-34(35(31,36)37)19-25(20-34)33(41)39(2)21-23-8-6-11-28(18-23)43-27-16-14-26(42-3)15-17-27/h4-18,22,25,31H,19-21H2,1-3H3,(H,38,40). The van der Waals surface area contributed by atoms with Crippen LogP contribution in [0.5, 0.6) is 17.2 Å². The number of halogens is 2. The molecule has 222 valence electrons. The topological polar surface area (TPSA) is 67.9 Å². The van der Waals surface area contributed by atoms with Gasteiger partial charge in [-0.25, -0.2) is 8.78 Å². The zero-order valence-electron chi connectivity index (χ0n) is 24.3. The van der Waals surface area contributed by atoms with Gasteiger partial charge < -0.3 is 19.7 Å². The van der Waals surface area contributed by atoms with Gasteiger partial charge in [-0.15, -0.1) is 0 Å². The van der Waals surface area contributed by atoms with Crippen molar-refractivity contribution in [2.75, 3.05) is 14.2 Å². The summed E-state index contributed by atoms with van der Waals surface area (Å²) < 4.78 is 41.3. The molecule has 2 amide bonds. The molecule has 0 aromatic heterocycles. The Morgan fingerprint density at radius 3 is 2.35 bits per heavy atom. The fourth-order valence-corrected chi connectivity index (χ4v) is 6.58. The molecule has 6 nitrogen and oxygen atoms in total. The molecule has 2 atom stereocenters. The van der Waals surface area contributed by atoms with Gasteiger partial charge in [0.1, 0.15) is 23.2 Å². The van der Waals surface area contributed by atoms with Crippen molar-refractivity contribution in [3.8, 4) is 17.2 Å². The zero-order valence-corrected chi connectivity index (χ0v) is 24.3. The summed E-state index contributed by atoms with van der Waals surface area (Å²) in [6, 6.07) is 27.8. The number of rotatable bonds is 9. The van der Waals surface area contributed by atoms with Gasteiger partial charge in [0.05, 0.1) is 18.6 Å². The molecule has 0 aliphatic heterocycles. The molecule has 8 heteroatoms. The Balaban J connectivity index is 1.05. The Kier molecular flexibility index (Phi) is 7.32. The van der Waals surface area contributed by atoms with Crippen LogP contribution in [0.4, 0.5) is 8.78 Å². The number of benzene rings is 4. The van der Waals surface area contributed by atoms with Crippen molar-refractivity contribution in [2.24, 2.45) is 17.3 Å². The third-order valence-corrected chi connectivity index (χ3v) is 8.97. The van der Waals surface area contributed by atoms with Crippen molar-refractivity contribution in [1.29, 1.82) is 0 Å². The van der Waals surface area contributed by atoms with Crippen molar-refractivity contribution in [3.63, 3.8) is 0 Å². The van der Waals surface area contributed by atoms with Crippen molar-refractivity contribution in [3.05, 3.63) is 102 Å². The van der Waals surface area contributed by atoms with Crippen LogP contribution in [0.1, 0.15) is 36.9 Å². The highest BCUT2D eigenvalue weighted by Gasteiger charge is 2.87. The quantitative estimate of drug-likeness (QED) is 0.227. The maximum Gasteiger partial charge on any atom is 0.266 e. The molecule has 0 bridgehead atoms. The number of carbonyl (C=O) groups excluding carboxylic acids is 2. The fraction of sp³-hybridized carbons (Fsp3) is 0.314. The SMILES string of the molecule is COc1ccc(Oc2cccc(CN(C)C(=O)C3CC4(C3)C(C(=O)NC(C)c3cccc5ccccc35)C4(F)F)c2)cc1. The van der Waals surface area contributed by atoms with E-state index in [1.54, 1.807) is 43.3 Å². The first-order chi connectivity index (χ1) is 20.6. The summed E-state index contributed by atoms with van der Waals surface area (Å²) in [4.78, 5) is 27.8. The highest BCUT2D eigenvalue weighted by molar-refractivity contribution is 5.90. The number of methoxy groups -OCH3 is 1. The maximum atomic E-state index is 15.1. The van der Waals surface area contributed by atoms with Crippen LogP contribution in [0.3, 0.4) is 0 Å². The maximum absolute atomic E-state index is 15.1. The van der Waals surface area contributed by atoms with Crippen molar-refractivity contribution in [1.82, 2.24) is 10.2 Å². The van der Waals surface area contributed by atoms with E-state index in [1.807, 2.05) is 73.7 Å². The lowest BCUT2D eigenvalue weighted by Crippen LogP contribution is -2.43. The summed E-state index contributed by atoms with van der Waals surface area (Å²) in [6.07, 6.45) is 0.00899. The summed E-state index contributed by atoms with van der Waals surface area (Å²) in [5.74, 6) is -3.94. The van der Waals surface area contributed by atoms with E-state index in [2.05, 4.69) is 5.32 Å². The third-order valence-electron chi connectivity index (χ3n) is 8.97. The molecule has 43 heavy (non-hydrogen) atoms. The molecule has 1 N–H and O–H groups in total. The van der Waals surface area contributed by atoms with Gasteiger partial charge in [0.15, 0.2) is 0 Å². The Hall–Kier alpha value is -4.46. The van der Waals surface area contributed by atoms with Gasteiger partial charge in [-0.2, -0.15) is 0 Å². The summed E-state index contributed by atoms with van der Waals surface area (Å²) in [5, 5.41) is 4.83. The highest BCUT2D eigenvalue weighted by atomic mass is 19.3. The van der Waals surface area contributed by atoms with Gasteiger partial charge in [-0.1, -0.05) is 54.6 Å². The lowest BCUT2D eigenvalue weighted by atomic mass is 9.69. The number of hydrogen-bond donors (Lipinski definition) is 1. The summed E-state index contributed by atoms with van der Waals surface area (Å²) >= 11 is 0. The van der Waals surface area contributed by atoms with Crippen LogP contribution in [0.15, 0.2) is 91.0 Å². The first-order valence-electron chi connectivity index (χ1n) is 14.4. The molecule has 2 aliphatic carbocycles. The Morgan fingerprint density at radius 1 is 0.930 bits per heavy atom. The van der Waals surface area contributed by atoms with Crippen LogP contribution >= 0.6 is 0 Å². The zero-order chi connectivity index (χ0) is 30.4. The average Bonchev–Trinajstić information content (AvgIpc) is 3.52. The first kappa shape index (κ1) is 28.6. The minimum Gasteiger partial charge on any atom is -0.497 e. The average molecular weight is 585 g/mol. The molecular formula is C35H34F2N2O4. The van der Waals surface area contributed by atoms with Crippen LogP contribution in [0, 0.1) is 17.3 Å². The molecule has 0 radical (unpaired) electrons. The van der Waals surface area contributed by atoms with Gasteiger partial charge in [-0.3, -0.25) is 9.59 Å². The monoisotopic (exact) mass is 584 g/mol. The molecule has 2 fully saturated rings. The number of fused-ring (bicyclic) bond motifs is 1. The van der Waals surface area contributed by atoms with Crippen molar-refractivity contribution in [2.45, 2.75) is 38.3 Å². The summed E-state index contributed by atoms with van der Waals surface area (Å²) in [7, 11) is 3.27. The largest absolute Gasteiger partial charge is 0.497 e. The van der Waals surface area contributed by atoms with Crippen LogP contribution in [-0.2, 0) is 16.1 Å². The predicted octanol–water partition coefficient (Wildman–Crippen LogP) is 7.14. The van der Waals surface area contributed by atoms with Gasteiger partial charge in [0.25, 0.3) is 5.92 Å². The van der Waals surface area contributed by atoms with Crippen LogP contribution in [-0.4, -0.2) is 36.8 Å². The second kappa shape index (κ2) is 11.0. The number of nitrogens with one attached hydrogen (secondary N) is 1. The Labute approximate surface area is 249 Å². The van der Waals surface area contributed by atoms with Crippen molar-refractivity contribution >= 4 is 22.6 Å². The Morgan fingerprint density at radius 2 is 1.60 bits per heavy atom. The molecule has 1 spiro atoms. The van der Waals surface area contributed by atoms with Gasteiger partial charge in [0.2, 0.25) is 11.8 Å². The molecule has 4 aromatic carbocycles. The number of hydrogen-bond acceptors (Lipinski definition) is 4. The van der Waals surface area contributed by atoms with Crippen LogP contribution < -0.4 is 14.8 Å². The smallest absolute Gasteiger partial charge is 0.266 e. The number of alkyl halides is 2. The van der Waals surface area contributed by atoms with Crippen LogP contribution in [0.25, 0.3) is 10.8 Å². The molecule has 6 rings (SSSR count). The van der Waals surface area contributed by atoms with Crippen LogP contribution in [0.2, 0.25) is 0 Å². The van der Waals surface area contributed by atoms with E-state index >= 15 is 8.78 Å².